The number of furan rings is 1. The number of ketones is 1. The summed E-state index contributed by atoms with van der Waals surface area (Å²) in [6, 6.07) is 1.46. The van der Waals surface area contributed by atoms with Crippen LogP contribution in [-0.2, 0) is 33.4 Å². The average Bonchev–Trinajstić information content (AvgIpc) is 2.93. The molecule has 0 bridgehead atoms. The van der Waals surface area contributed by atoms with Crippen molar-refractivity contribution >= 4 is 23.7 Å². The Morgan fingerprint density at radius 1 is 1.05 bits per heavy atom. The topological polar surface area (TPSA) is 109 Å². The summed E-state index contributed by atoms with van der Waals surface area (Å²) in [5.41, 5.74) is 0.331. The van der Waals surface area contributed by atoms with Gasteiger partial charge >= 0.3 is 17.9 Å². The summed E-state index contributed by atoms with van der Waals surface area (Å²) < 4.78 is 19.5. The van der Waals surface area contributed by atoms with Crippen LogP contribution in [-0.4, -0.2) is 36.4 Å². The Morgan fingerprint density at radius 2 is 1.68 bits per heavy atom. The molecule has 1 aromatic rings. The highest BCUT2D eigenvalue weighted by atomic mass is 16.6. The molecule has 1 aromatic heterocycles. The molecule has 0 aliphatic rings. The van der Waals surface area contributed by atoms with Crippen molar-refractivity contribution in [2.75, 3.05) is 6.61 Å². The molecule has 8 nitrogen and oxygen atoms in total. The van der Waals surface area contributed by atoms with E-state index in [1.54, 1.807) is 0 Å². The summed E-state index contributed by atoms with van der Waals surface area (Å²) in [5.74, 6) is -2.81. The van der Waals surface area contributed by atoms with E-state index in [1.807, 2.05) is 0 Å². The first-order valence-electron chi connectivity index (χ1n) is 6.34. The highest BCUT2D eigenvalue weighted by molar-refractivity contribution is 5.88. The Hall–Kier alpha value is -2.64. The summed E-state index contributed by atoms with van der Waals surface area (Å²) in [7, 11) is 0. The van der Waals surface area contributed by atoms with Gasteiger partial charge in [-0.1, -0.05) is 0 Å². The second-order valence-electron chi connectivity index (χ2n) is 4.36. The minimum Gasteiger partial charge on any atom is -0.472 e. The van der Waals surface area contributed by atoms with Gasteiger partial charge in [0.25, 0.3) is 0 Å². The van der Waals surface area contributed by atoms with E-state index in [0.29, 0.717) is 5.56 Å². The van der Waals surface area contributed by atoms with E-state index in [1.165, 1.54) is 18.6 Å². The number of rotatable bonds is 7. The maximum atomic E-state index is 12.1. The van der Waals surface area contributed by atoms with E-state index in [2.05, 4.69) is 4.74 Å². The molecule has 0 radical (unpaired) electrons. The molecule has 0 aliphatic carbocycles. The highest BCUT2D eigenvalue weighted by Gasteiger charge is 2.36. The number of esters is 3. The SMILES string of the molecule is CC(=O)OCC(=O)[C@H](OC(C)=O)[C@@H](OC(C)=O)c1ccoc1. The fourth-order valence-corrected chi connectivity index (χ4v) is 1.65. The van der Waals surface area contributed by atoms with E-state index in [9.17, 15) is 19.2 Å². The van der Waals surface area contributed by atoms with Crippen LogP contribution in [0.25, 0.3) is 0 Å². The molecule has 0 unspecified atom stereocenters. The van der Waals surface area contributed by atoms with Crippen molar-refractivity contribution in [3.8, 4) is 0 Å². The molecule has 1 heterocycles. The van der Waals surface area contributed by atoms with Crippen LogP contribution in [0.2, 0.25) is 0 Å². The van der Waals surface area contributed by atoms with Crippen molar-refractivity contribution in [2.24, 2.45) is 0 Å². The van der Waals surface area contributed by atoms with Crippen LogP contribution in [0, 0.1) is 0 Å². The molecule has 2 atom stereocenters. The molecule has 8 heteroatoms. The lowest BCUT2D eigenvalue weighted by molar-refractivity contribution is -0.172. The maximum absolute atomic E-state index is 12.1. The summed E-state index contributed by atoms with van der Waals surface area (Å²) in [5, 5.41) is 0. The Kier molecular flexibility index (Phi) is 6.30. The van der Waals surface area contributed by atoms with Gasteiger partial charge in [0.1, 0.15) is 0 Å². The first-order valence-corrected chi connectivity index (χ1v) is 6.34. The van der Waals surface area contributed by atoms with Crippen LogP contribution in [0.5, 0.6) is 0 Å². The summed E-state index contributed by atoms with van der Waals surface area (Å²) in [6.07, 6.45) is -0.0716. The van der Waals surface area contributed by atoms with Gasteiger partial charge in [-0.2, -0.15) is 0 Å². The number of hydrogen-bond donors (Lipinski definition) is 0. The molecular weight excluding hydrogens is 296 g/mol. The van der Waals surface area contributed by atoms with Gasteiger partial charge in [0.2, 0.25) is 11.9 Å². The van der Waals surface area contributed by atoms with Crippen LogP contribution in [0.4, 0.5) is 0 Å². The third-order valence-corrected chi connectivity index (χ3v) is 2.47. The number of carbonyl (C=O) groups is 4. The predicted molar refractivity (Wildman–Crippen MR) is 70.4 cm³/mol. The van der Waals surface area contributed by atoms with Crippen molar-refractivity contribution in [3.05, 3.63) is 24.2 Å². The zero-order chi connectivity index (χ0) is 16.7. The highest BCUT2D eigenvalue weighted by Crippen LogP contribution is 2.25. The van der Waals surface area contributed by atoms with E-state index in [-0.39, 0.29) is 0 Å². The lowest BCUT2D eigenvalue weighted by Gasteiger charge is -2.24. The molecule has 1 rings (SSSR count). The predicted octanol–water partition coefficient (Wildman–Crippen LogP) is 0.948. The van der Waals surface area contributed by atoms with Gasteiger partial charge in [-0.3, -0.25) is 19.2 Å². The minimum absolute atomic E-state index is 0.331. The van der Waals surface area contributed by atoms with Crippen LogP contribution >= 0.6 is 0 Å². The Bertz CT molecular complexity index is 545. The standard InChI is InChI=1S/C14H16O8/c1-8(15)20-7-12(18)14(22-10(3)17)13(21-9(2)16)11-4-5-19-6-11/h4-6,13-14H,7H2,1-3H3/t13-,14-/m0/s1. The van der Waals surface area contributed by atoms with Crippen molar-refractivity contribution in [1.82, 2.24) is 0 Å². The molecule has 0 fully saturated rings. The van der Waals surface area contributed by atoms with E-state index < -0.39 is 42.5 Å². The van der Waals surface area contributed by atoms with Gasteiger partial charge in [0.15, 0.2) is 12.7 Å². The minimum atomic E-state index is -1.45. The molecule has 0 spiro atoms. The summed E-state index contributed by atoms with van der Waals surface area (Å²) in [4.78, 5) is 45.4. The van der Waals surface area contributed by atoms with E-state index >= 15 is 0 Å². The molecule has 120 valence electrons. The third-order valence-electron chi connectivity index (χ3n) is 2.47. The van der Waals surface area contributed by atoms with Crippen molar-refractivity contribution in [2.45, 2.75) is 33.0 Å². The van der Waals surface area contributed by atoms with Gasteiger partial charge in [-0.15, -0.1) is 0 Å². The smallest absolute Gasteiger partial charge is 0.303 e. The lowest BCUT2D eigenvalue weighted by Crippen LogP contribution is -2.37. The van der Waals surface area contributed by atoms with Gasteiger partial charge in [0, 0.05) is 26.3 Å². The molecule has 0 aromatic carbocycles. The Balaban J connectivity index is 3.02. The fraction of sp³-hybridized carbons (Fsp3) is 0.429. The normalized spacial score (nSPS) is 12.9. The molecule has 0 amide bonds. The van der Waals surface area contributed by atoms with Gasteiger partial charge in [-0.25, -0.2) is 0 Å². The van der Waals surface area contributed by atoms with Crippen molar-refractivity contribution in [1.29, 1.82) is 0 Å². The third kappa shape index (κ3) is 5.39. The van der Waals surface area contributed by atoms with Crippen LogP contribution in [0.1, 0.15) is 32.4 Å². The van der Waals surface area contributed by atoms with E-state index in [0.717, 1.165) is 20.8 Å². The molecule has 0 saturated heterocycles. The van der Waals surface area contributed by atoms with Crippen LogP contribution < -0.4 is 0 Å². The molecular formula is C14H16O8. The monoisotopic (exact) mass is 312 g/mol. The second-order valence-corrected chi connectivity index (χ2v) is 4.36. The van der Waals surface area contributed by atoms with Gasteiger partial charge in [0.05, 0.1) is 12.5 Å². The quantitative estimate of drug-likeness (QED) is 0.540. The molecule has 0 saturated carbocycles. The number of ether oxygens (including phenoxy) is 3. The number of carbonyl (C=O) groups excluding carboxylic acids is 4. The fourth-order valence-electron chi connectivity index (χ4n) is 1.65. The Labute approximate surface area is 126 Å². The second kappa shape index (κ2) is 7.96. The van der Waals surface area contributed by atoms with Gasteiger partial charge in [-0.05, 0) is 6.07 Å². The Morgan fingerprint density at radius 3 is 2.14 bits per heavy atom. The van der Waals surface area contributed by atoms with Crippen molar-refractivity contribution < 1.29 is 37.8 Å². The van der Waals surface area contributed by atoms with E-state index in [4.69, 9.17) is 13.9 Å². The summed E-state index contributed by atoms with van der Waals surface area (Å²) >= 11 is 0. The zero-order valence-corrected chi connectivity index (χ0v) is 12.4. The maximum Gasteiger partial charge on any atom is 0.303 e. The first kappa shape index (κ1) is 17.4. The van der Waals surface area contributed by atoms with Crippen molar-refractivity contribution in [3.63, 3.8) is 0 Å². The molecule has 0 aliphatic heterocycles. The van der Waals surface area contributed by atoms with Crippen LogP contribution in [0.3, 0.4) is 0 Å². The molecule has 22 heavy (non-hydrogen) atoms. The zero-order valence-electron chi connectivity index (χ0n) is 12.4. The largest absolute Gasteiger partial charge is 0.472 e. The van der Waals surface area contributed by atoms with Gasteiger partial charge < -0.3 is 18.6 Å². The average molecular weight is 312 g/mol. The molecule has 0 N–H and O–H groups in total. The summed E-state index contributed by atoms with van der Waals surface area (Å²) in [6.45, 7) is 2.78. The number of hydrogen-bond acceptors (Lipinski definition) is 8. The lowest BCUT2D eigenvalue weighted by atomic mass is 10.0. The van der Waals surface area contributed by atoms with Crippen LogP contribution in [0.15, 0.2) is 23.0 Å². The first-order chi connectivity index (χ1) is 10.3. The number of Topliss-reactive ketones (excluding diaryl/α,β-unsaturated/α-hetero) is 1.